The molecule has 1 nitrogen and oxygen atoms in total. The van der Waals surface area contributed by atoms with Crippen LogP contribution in [0.4, 0.5) is 0 Å². The van der Waals surface area contributed by atoms with Gasteiger partial charge in [0.25, 0.3) is 0 Å². The minimum absolute atomic E-state index is 0.332. The van der Waals surface area contributed by atoms with E-state index in [1.165, 1.54) is 16.6 Å². The van der Waals surface area contributed by atoms with Crippen LogP contribution in [0, 0.1) is 11.3 Å². The Morgan fingerprint density at radius 2 is 1.79 bits per heavy atom. The van der Waals surface area contributed by atoms with Gasteiger partial charge in [-0.3, -0.25) is 4.98 Å². The van der Waals surface area contributed by atoms with Crippen molar-refractivity contribution in [2.45, 2.75) is 47.5 Å². The number of fused-ring (bicyclic) bond motifs is 1. The van der Waals surface area contributed by atoms with Gasteiger partial charge in [-0.05, 0) is 47.9 Å². The summed E-state index contributed by atoms with van der Waals surface area (Å²) in [5.41, 5.74) is 4.05. The smallest absolute Gasteiger partial charge is 0.0705 e. The molecule has 0 aliphatic carbocycles. The van der Waals surface area contributed by atoms with Gasteiger partial charge in [0.2, 0.25) is 0 Å². The van der Waals surface area contributed by atoms with Crippen LogP contribution in [0.3, 0.4) is 0 Å². The van der Waals surface area contributed by atoms with Crippen LogP contribution in [0.2, 0.25) is 0 Å². The number of aromatic nitrogens is 1. The van der Waals surface area contributed by atoms with E-state index in [1.54, 1.807) is 0 Å². The monoisotopic (exact) mass is 255 g/mol. The van der Waals surface area contributed by atoms with Gasteiger partial charge in [0.05, 0.1) is 5.52 Å². The third-order valence-corrected chi connectivity index (χ3v) is 3.16. The number of pyridine rings is 1. The summed E-state index contributed by atoms with van der Waals surface area (Å²) in [7, 11) is 0. The second-order valence-electron chi connectivity index (χ2n) is 7.17. The summed E-state index contributed by atoms with van der Waals surface area (Å²) in [6.45, 7) is 11.3. The third kappa shape index (κ3) is 4.05. The van der Waals surface area contributed by atoms with Gasteiger partial charge in [0.1, 0.15) is 0 Å². The van der Waals surface area contributed by atoms with E-state index in [9.17, 15) is 0 Å². The highest BCUT2D eigenvalue weighted by molar-refractivity contribution is 5.79. The van der Waals surface area contributed by atoms with E-state index in [2.05, 4.69) is 65.0 Å². The number of benzene rings is 1. The fourth-order valence-corrected chi connectivity index (χ4v) is 2.47. The lowest BCUT2D eigenvalue weighted by molar-refractivity contribution is 0.411. The van der Waals surface area contributed by atoms with Gasteiger partial charge in [0.15, 0.2) is 0 Å². The van der Waals surface area contributed by atoms with Crippen LogP contribution < -0.4 is 0 Å². The quantitative estimate of drug-likeness (QED) is 0.750. The topological polar surface area (TPSA) is 12.9 Å². The molecule has 0 fully saturated rings. The molecular weight excluding hydrogens is 230 g/mol. The van der Waals surface area contributed by atoms with Crippen molar-refractivity contribution in [1.82, 2.24) is 4.98 Å². The molecule has 0 atom stereocenters. The van der Waals surface area contributed by atoms with E-state index < -0.39 is 0 Å². The van der Waals surface area contributed by atoms with Crippen molar-refractivity contribution in [2.24, 2.45) is 11.3 Å². The van der Waals surface area contributed by atoms with Crippen molar-refractivity contribution in [1.29, 1.82) is 0 Å². The molecule has 0 aliphatic rings. The van der Waals surface area contributed by atoms with Gasteiger partial charge in [-0.15, -0.1) is 0 Å². The SMILES string of the molecule is CC(C)Cc1ccc2cc(CC(C)(C)C)ccc2n1. The molecular formula is C18H25N. The summed E-state index contributed by atoms with van der Waals surface area (Å²) in [5, 5.41) is 1.26. The lowest BCUT2D eigenvalue weighted by Gasteiger charge is -2.18. The average Bonchev–Trinajstić information content (AvgIpc) is 2.26. The Hall–Kier alpha value is -1.37. The first-order chi connectivity index (χ1) is 8.83. The highest BCUT2D eigenvalue weighted by atomic mass is 14.7. The number of nitrogens with zero attached hydrogens (tertiary/aromatic N) is 1. The molecule has 2 rings (SSSR count). The fraction of sp³-hybridized carbons (Fsp3) is 0.500. The zero-order chi connectivity index (χ0) is 14.0. The predicted octanol–water partition coefficient (Wildman–Crippen LogP) is 5.02. The van der Waals surface area contributed by atoms with Crippen LogP contribution >= 0.6 is 0 Å². The summed E-state index contributed by atoms with van der Waals surface area (Å²) < 4.78 is 0. The van der Waals surface area contributed by atoms with E-state index in [1.807, 2.05) is 0 Å². The molecule has 0 bridgehead atoms. The van der Waals surface area contributed by atoms with Crippen molar-refractivity contribution >= 4 is 10.9 Å². The molecule has 1 aromatic carbocycles. The second kappa shape index (κ2) is 5.32. The van der Waals surface area contributed by atoms with Gasteiger partial charge in [-0.1, -0.05) is 46.8 Å². The van der Waals surface area contributed by atoms with Gasteiger partial charge in [-0.2, -0.15) is 0 Å². The number of rotatable bonds is 3. The second-order valence-corrected chi connectivity index (χ2v) is 7.17. The zero-order valence-electron chi connectivity index (χ0n) is 12.8. The summed E-state index contributed by atoms with van der Waals surface area (Å²) in [6.07, 6.45) is 2.16. The van der Waals surface area contributed by atoms with Crippen LogP contribution in [0.1, 0.15) is 45.9 Å². The first-order valence-corrected chi connectivity index (χ1v) is 7.22. The maximum atomic E-state index is 4.75. The molecule has 0 saturated heterocycles. The Kier molecular flexibility index (Phi) is 3.93. The standard InChI is InChI=1S/C18H25N/c1-13(2)10-16-8-7-15-11-14(12-18(3,4)5)6-9-17(15)19-16/h6-9,11,13H,10,12H2,1-5H3. The molecule has 0 amide bonds. The van der Waals surface area contributed by atoms with Crippen molar-refractivity contribution < 1.29 is 0 Å². The normalized spacial score (nSPS) is 12.3. The zero-order valence-corrected chi connectivity index (χ0v) is 12.8. The molecule has 1 heterocycles. The van der Waals surface area contributed by atoms with E-state index in [0.717, 1.165) is 18.4 Å². The molecule has 102 valence electrons. The maximum Gasteiger partial charge on any atom is 0.0705 e. The number of hydrogen-bond donors (Lipinski definition) is 0. The molecule has 1 aromatic heterocycles. The van der Waals surface area contributed by atoms with Crippen LogP contribution in [0.25, 0.3) is 10.9 Å². The Labute approximate surface area is 117 Å². The van der Waals surface area contributed by atoms with Crippen LogP contribution in [-0.4, -0.2) is 4.98 Å². The lowest BCUT2D eigenvalue weighted by atomic mass is 9.88. The van der Waals surface area contributed by atoms with E-state index in [4.69, 9.17) is 4.98 Å². The fourth-order valence-electron chi connectivity index (χ4n) is 2.47. The summed E-state index contributed by atoms with van der Waals surface area (Å²) in [4.78, 5) is 4.75. The van der Waals surface area contributed by atoms with E-state index in [0.29, 0.717) is 11.3 Å². The van der Waals surface area contributed by atoms with Gasteiger partial charge < -0.3 is 0 Å². The predicted molar refractivity (Wildman–Crippen MR) is 83.4 cm³/mol. The first kappa shape index (κ1) is 14.0. The average molecular weight is 255 g/mol. The largest absolute Gasteiger partial charge is 0.253 e. The minimum atomic E-state index is 0.332. The molecule has 0 saturated carbocycles. The Balaban J connectivity index is 2.30. The van der Waals surface area contributed by atoms with Crippen molar-refractivity contribution in [3.8, 4) is 0 Å². The van der Waals surface area contributed by atoms with Crippen molar-refractivity contribution in [3.63, 3.8) is 0 Å². The Bertz CT molecular complexity index is 561. The molecule has 0 N–H and O–H groups in total. The molecule has 0 unspecified atom stereocenters. The van der Waals surface area contributed by atoms with Gasteiger partial charge in [0, 0.05) is 11.1 Å². The molecule has 1 heteroatoms. The Morgan fingerprint density at radius 1 is 1.05 bits per heavy atom. The van der Waals surface area contributed by atoms with Crippen LogP contribution in [-0.2, 0) is 12.8 Å². The molecule has 2 aromatic rings. The highest BCUT2D eigenvalue weighted by Gasteiger charge is 2.11. The molecule has 0 radical (unpaired) electrons. The summed E-state index contributed by atoms with van der Waals surface area (Å²) >= 11 is 0. The summed E-state index contributed by atoms with van der Waals surface area (Å²) in [5.74, 6) is 0.658. The minimum Gasteiger partial charge on any atom is -0.253 e. The first-order valence-electron chi connectivity index (χ1n) is 7.22. The number of hydrogen-bond acceptors (Lipinski definition) is 1. The maximum absolute atomic E-state index is 4.75. The van der Waals surface area contributed by atoms with Crippen LogP contribution in [0.15, 0.2) is 30.3 Å². The lowest BCUT2D eigenvalue weighted by Crippen LogP contribution is -2.09. The Morgan fingerprint density at radius 3 is 2.42 bits per heavy atom. The van der Waals surface area contributed by atoms with E-state index in [-0.39, 0.29) is 0 Å². The van der Waals surface area contributed by atoms with Gasteiger partial charge >= 0.3 is 0 Å². The van der Waals surface area contributed by atoms with Crippen molar-refractivity contribution in [2.75, 3.05) is 0 Å². The summed E-state index contributed by atoms with van der Waals surface area (Å²) in [6, 6.07) is 11.1. The van der Waals surface area contributed by atoms with Crippen molar-refractivity contribution in [3.05, 3.63) is 41.6 Å². The van der Waals surface area contributed by atoms with Crippen LogP contribution in [0.5, 0.6) is 0 Å². The molecule has 0 aliphatic heterocycles. The molecule has 19 heavy (non-hydrogen) atoms. The highest BCUT2D eigenvalue weighted by Crippen LogP contribution is 2.23. The van der Waals surface area contributed by atoms with Gasteiger partial charge in [-0.25, -0.2) is 0 Å². The molecule has 0 spiro atoms. The third-order valence-electron chi connectivity index (χ3n) is 3.16. The van der Waals surface area contributed by atoms with E-state index >= 15 is 0 Å².